The lowest BCUT2D eigenvalue weighted by atomic mass is 9.81. The quantitative estimate of drug-likeness (QED) is 0.134. The molecule has 0 atom stereocenters. The highest BCUT2D eigenvalue weighted by Crippen LogP contribution is 2.70. The summed E-state index contributed by atoms with van der Waals surface area (Å²) in [4.78, 5) is 15.2. The summed E-state index contributed by atoms with van der Waals surface area (Å²) in [6.07, 6.45) is 0. The van der Waals surface area contributed by atoms with Gasteiger partial charge in [0.2, 0.25) is 9.84 Å². The van der Waals surface area contributed by atoms with Crippen LogP contribution in [-0.2, 0) is 21.2 Å². The Labute approximate surface area is 622 Å². The molecule has 16 aromatic rings. The first-order valence-electron chi connectivity index (χ1n) is 36.4. The Morgan fingerprint density at radius 3 is 0.673 bits per heavy atom. The van der Waals surface area contributed by atoms with Gasteiger partial charge in [-0.25, -0.2) is 8.42 Å². The Kier molecular flexibility index (Phi) is 14.0. The lowest BCUT2D eigenvalue weighted by molar-refractivity contribution is 0.554. The number of benzene rings is 16. The molecule has 0 amide bonds. The van der Waals surface area contributed by atoms with E-state index in [-0.39, 0.29) is 9.79 Å². The number of sulfone groups is 1. The standard InChI is InChI=1S/C98H66N6O2S/c105-107(106)95-65-93-91(101(77-47-27-39-71(59-77)67-31-7-1-8-32-67)97(103(93)79-49-29-41-73(61-79)69-35-11-3-12-36-69)83-51-19-23-55-87(83)99(75-43-15-5-16-44-75)88-56-24-20-52-84(88)97)63-81(95)82-64-92-94(66-96(82)107)104(80-50-30-42-74(62-80)70-37-13-4-14-38-70)98(102(92)78-48-28-40-72(60-78)68-33-9-2-10-34-68)85-53-21-25-57-89(85)100(76-45-17-6-18-46-76)90-58-26-22-54-86(90)98/h1-66H. The fourth-order valence-corrected chi connectivity index (χ4v) is 19.6. The van der Waals surface area contributed by atoms with Crippen LogP contribution in [0.4, 0.5) is 79.6 Å². The Morgan fingerprint density at radius 1 is 0.187 bits per heavy atom. The molecular formula is C98H66N6O2S. The van der Waals surface area contributed by atoms with Crippen molar-refractivity contribution in [2.45, 2.75) is 21.1 Å². The zero-order valence-electron chi connectivity index (χ0n) is 58.0. The van der Waals surface area contributed by atoms with Gasteiger partial charge in [-0.1, -0.05) is 279 Å². The summed E-state index contributed by atoms with van der Waals surface area (Å²) in [6, 6.07) is 142. The minimum absolute atomic E-state index is 0.231. The highest BCUT2D eigenvalue weighted by molar-refractivity contribution is 7.92. The Hall–Kier alpha value is -13.7. The van der Waals surface area contributed by atoms with Crippen LogP contribution in [0.1, 0.15) is 22.3 Å². The summed E-state index contributed by atoms with van der Waals surface area (Å²) in [7, 11) is -4.39. The molecule has 0 aliphatic carbocycles. The minimum Gasteiger partial charge on any atom is -0.310 e. The van der Waals surface area contributed by atoms with Gasteiger partial charge in [-0.15, -0.1) is 0 Å². The first kappa shape index (κ1) is 61.9. The van der Waals surface area contributed by atoms with Gasteiger partial charge in [-0.05, 0) is 166 Å². The van der Waals surface area contributed by atoms with E-state index in [0.717, 1.165) is 146 Å². The predicted molar refractivity (Wildman–Crippen MR) is 437 cm³/mol. The van der Waals surface area contributed by atoms with Crippen molar-refractivity contribution in [2.24, 2.45) is 0 Å². The number of hydrogen-bond acceptors (Lipinski definition) is 8. The highest BCUT2D eigenvalue weighted by Gasteiger charge is 2.62. The SMILES string of the molecule is O=S1(=O)c2cc3c(cc2-c2cc4c(cc21)N(c1cccc(-c2ccccc2)c1)C1(c2ccccc2N(c2ccccc2)c2ccccc21)N4c1cccc(-c2ccccc2)c1)N(c1cccc(-c2ccccc2)c1)C1(c2ccccc2N(c2ccccc2)c2ccccc21)N3c1cccc(-c2ccccc2)c1. The lowest BCUT2D eigenvalue weighted by Crippen LogP contribution is -2.54. The molecular weight excluding hydrogens is 1330 g/mol. The smallest absolute Gasteiger partial charge is 0.207 e. The number of nitrogens with zero attached hydrogens (tertiary/aromatic N) is 6. The average Bonchev–Trinajstić information content (AvgIpc) is 1.52. The maximum atomic E-state index is 17.2. The van der Waals surface area contributed by atoms with E-state index in [2.05, 4.69) is 418 Å². The van der Waals surface area contributed by atoms with Crippen molar-refractivity contribution < 1.29 is 8.42 Å². The molecule has 21 rings (SSSR count). The van der Waals surface area contributed by atoms with E-state index in [0.29, 0.717) is 11.1 Å². The van der Waals surface area contributed by atoms with Gasteiger partial charge < -0.3 is 29.4 Å². The van der Waals surface area contributed by atoms with Crippen molar-refractivity contribution in [2.75, 3.05) is 29.4 Å². The molecule has 0 radical (unpaired) electrons. The van der Waals surface area contributed by atoms with Crippen LogP contribution in [0.2, 0.25) is 0 Å². The van der Waals surface area contributed by atoms with Crippen LogP contribution < -0.4 is 29.4 Å². The maximum Gasteiger partial charge on any atom is 0.207 e. The molecule has 0 saturated carbocycles. The molecule has 5 aliphatic heterocycles. The predicted octanol–water partition coefficient (Wildman–Crippen LogP) is 25.1. The van der Waals surface area contributed by atoms with Gasteiger partial charge in [0.1, 0.15) is 0 Å². The molecule has 5 aliphatic rings. The van der Waals surface area contributed by atoms with Gasteiger partial charge in [0, 0.05) is 67.5 Å². The third-order valence-corrected chi connectivity index (χ3v) is 24.1. The molecule has 0 fully saturated rings. The van der Waals surface area contributed by atoms with Crippen molar-refractivity contribution in [1.29, 1.82) is 0 Å². The summed E-state index contributed by atoms with van der Waals surface area (Å²) in [5.41, 5.74) is 23.9. The van der Waals surface area contributed by atoms with Crippen LogP contribution >= 0.6 is 0 Å². The van der Waals surface area contributed by atoms with E-state index in [1.165, 1.54) is 0 Å². The highest BCUT2D eigenvalue weighted by atomic mass is 32.2. The molecule has 5 heterocycles. The molecule has 107 heavy (non-hydrogen) atoms. The second-order valence-corrected chi connectivity index (χ2v) is 29.8. The van der Waals surface area contributed by atoms with E-state index in [4.69, 9.17) is 0 Å². The van der Waals surface area contributed by atoms with Gasteiger partial charge >= 0.3 is 0 Å². The second-order valence-electron chi connectivity index (χ2n) is 27.9. The van der Waals surface area contributed by atoms with Crippen molar-refractivity contribution in [3.63, 3.8) is 0 Å². The van der Waals surface area contributed by atoms with E-state index < -0.39 is 21.2 Å². The third-order valence-electron chi connectivity index (χ3n) is 22.2. The van der Waals surface area contributed by atoms with E-state index in [1.807, 2.05) is 12.1 Å². The summed E-state index contributed by atoms with van der Waals surface area (Å²) in [6.45, 7) is 0. The van der Waals surface area contributed by atoms with Crippen molar-refractivity contribution in [1.82, 2.24) is 0 Å². The van der Waals surface area contributed by atoms with Crippen molar-refractivity contribution >= 4 is 89.5 Å². The Bertz CT molecular complexity index is 5860. The summed E-state index contributed by atoms with van der Waals surface area (Å²) in [5.74, 6) is 0. The molecule has 506 valence electrons. The number of para-hydroxylation sites is 6. The van der Waals surface area contributed by atoms with Gasteiger partial charge in [0.05, 0.1) is 55.3 Å². The normalized spacial score (nSPS) is 14.7. The molecule has 8 nitrogen and oxygen atoms in total. The van der Waals surface area contributed by atoms with Gasteiger partial charge in [-0.3, -0.25) is 0 Å². The minimum atomic E-state index is -4.39. The molecule has 0 bridgehead atoms. The van der Waals surface area contributed by atoms with E-state index in [1.54, 1.807) is 0 Å². The fraction of sp³-hybridized carbons (Fsp3) is 0.0204. The van der Waals surface area contributed by atoms with Crippen LogP contribution in [0.25, 0.3) is 55.6 Å². The molecule has 9 heteroatoms. The lowest BCUT2D eigenvalue weighted by Gasteiger charge is -2.52. The number of fused-ring (bicyclic) bond motifs is 13. The Morgan fingerprint density at radius 2 is 0.402 bits per heavy atom. The first-order chi connectivity index (χ1) is 52.8. The molecule has 0 aromatic heterocycles. The summed E-state index contributed by atoms with van der Waals surface area (Å²) in [5, 5.41) is 0. The zero-order chi connectivity index (χ0) is 71.0. The van der Waals surface area contributed by atoms with Gasteiger partial charge in [0.25, 0.3) is 0 Å². The van der Waals surface area contributed by atoms with Gasteiger partial charge in [-0.2, -0.15) is 0 Å². The molecule has 0 saturated heterocycles. The van der Waals surface area contributed by atoms with Crippen molar-refractivity contribution in [3.05, 3.63) is 423 Å². The number of hydrogen-bond donors (Lipinski definition) is 0. The average molecular weight is 1390 g/mol. The summed E-state index contributed by atoms with van der Waals surface area (Å²) >= 11 is 0. The molecule has 0 unspecified atom stereocenters. The zero-order valence-corrected chi connectivity index (χ0v) is 58.8. The monoisotopic (exact) mass is 1390 g/mol. The van der Waals surface area contributed by atoms with E-state index >= 15 is 8.42 Å². The van der Waals surface area contributed by atoms with Crippen LogP contribution in [0.3, 0.4) is 0 Å². The fourth-order valence-electron chi connectivity index (χ4n) is 17.9. The second kappa shape index (κ2) is 24.2. The number of anilines is 14. The Balaban J connectivity index is 0.878. The summed E-state index contributed by atoms with van der Waals surface area (Å²) < 4.78 is 34.4. The van der Waals surface area contributed by atoms with Crippen LogP contribution in [-0.4, -0.2) is 8.42 Å². The molecule has 16 aromatic carbocycles. The topological polar surface area (TPSA) is 53.6 Å². The number of rotatable bonds is 10. The molecule has 2 spiro atoms. The largest absolute Gasteiger partial charge is 0.310 e. The molecule has 0 N–H and O–H groups in total. The maximum absolute atomic E-state index is 17.2. The van der Waals surface area contributed by atoms with E-state index in [9.17, 15) is 0 Å². The van der Waals surface area contributed by atoms with Crippen molar-refractivity contribution in [3.8, 4) is 55.6 Å². The van der Waals surface area contributed by atoms with Crippen LogP contribution in [0, 0.1) is 0 Å². The first-order valence-corrected chi connectivity index (χ1v) is 37.9. The van der Waals surface area contributed by atoms with Gasteiger partial charge in [0.15, 0.2) is 11.3 Å². The van der Waals surface area contributed by atoms with Crippen LogP contribution in [0.5, 0.6) is 0 Å². The van der Waals surface area contributed by atoms with Crippen LogP contribution in [0.15, 0.2) is 410 Å². The third kappa shape index (κ3) is 9.17.